The van der Waals surface area contributed by atoms with Crippen molar-refractivity contribution in [3.8, 4) is 0 Å². The number of hydrogen-bond donors (Lipinski definition) is 1. The first-order chi connectivity index (χ1) is 9.93. The van der Waals surface area contributed by atoms with Crippen molar-refractivity contribution in [2.45, 2.75) is 33.4 Å². The second kappa shape index (κ2) is 6.30. The molecule has 0 spiro atoms. The van der Waals surface area contributed by atoms with Crippen molar-refractivity contribution in [3.05, 3.63) is 23.7 Å². The Morgan fingerprint density at radius 2 is 2.14 bits per heavy atom. The molecule has 2 heterocycles. The van der Waals surface area contributed by atoms with Gasteiger partial charge < -0.3 is 19.3 Å². The molecule has 1 aromatic rings. The maximum atomic E-state index is 12.4. The first-order valence-electron chi connectivity index (χ1n) is 7.23. The molecule has 2 amide bonds. The molecule has 116 valence electrons. The zero-order chi connectivity index (χ0) is 15.6. The van der Waals surface area contributed by atoms with Crippen molar-refractivity contribution in [1.82, 2.24) is 9.80 Å². The smallest absolute Gasteiger partial charge is 0.290 e. The summed E-state index contributed by atoms with van der Waals surface area (Å²) >= 11 is 0. The lowest BCUT2D eigenvalue weighted by Crippen LogP contribution is -2.58. The van der Waals surface area contributed by atoms with Gasteiger partial charge in [0.05, 0.1) is 0 Å². The monoisotopic (exact) mass is 294 g/mol. The van der Waals surface area contributed by atoms with Gasteiger partial charge in [0, 0.05) is 19.6 Å². The van der Waals surface area contributed by atoms with Crippen molar-refractivity contribution < 1.29 is 19.1 Å². The molecule has 21 heavy (non-hydrogen) atoms. The third-order valence-corrected chi connectivity index (χ3v) is 3.62. The molecule has 0 saturated carbocycles. The van der Waals surface area contributed by atoms with Crippen molar-refractivity contribution in [1.29, 1.82) is 0 Å². The van der Waals surface area contributed by atoms with Gasteiger partial charge in [-0.05, 0) is 25.0 Å². The summed E-state index contributed by atoms with van der Waals surface area (Å²) in [6.45, 7) is 7.37. The molecular weight excluding hydrogens is 272 g/mol. The topological polar surface area (TPSA) is 74.0 Å². The molecule has 1 fully saturated rings. The molecular formula is C15H22N2O4. The molecule has 1 saturated heterocycles. The number of piperazine rings is 1. The zero-order valence-corrected chi connectivity index (χ0v) is 12.7. The van der Waals surface area contributed by atoms with E-state index in [1.807, 2.05) is 0 Å². The van der Waals surface area contributed by atoms with E-state index in [1.165, 1.54) is 11.0 Å². The first-order valence-corrected chi connectivity index (χ1v) is 7.23. The highest BCUT2D eigenvalue weighted by atomic mass is 16.4. The molecule has 2 rings (SSSR count). The van der Waals surface area contributed by atoms with Crippen LogP contribution in [0.5, 0.6) is 0 Å². The molecule has 1 atom stereocenters. The Bertz CT molecular complexity index is 523. The lowest BCUT2D eigenvalue weighted by Gasteiger charge is -2.39. The Kier molecular flexibility index (Phi) is 4.67. The maximum Gasteiger partial charge on any atom is 0.290 e. The van der Waals surface area contributed by atoms with Gasteiger partial charge in [-0.1, -0.05) is 13.8 Å². The van der Waals surface area contributed by atoms with Gasteiger partial charge in [-0.2, -0.15) is 0 Å². The lowest BCUT2D eigenvalue weighted by molar-refractivity contribution is -0.140. The molecule has 0 bridgehead atoms. The SMILES string of the molecule is CC(C)CN1CCN(C(=O)c2ccc(CO)o2)C(C)C1=O. The van der Waals surface area contributed by atoms with E-state index in [0.29, 0.717) is 31.3 Å². The largest absolute Gasteiger partial charge is 0.453 e. The average molecular weight is 294 g/mol. The lowest BCUT2D eigenvalue weighted by atomic mass is 10.1. The highest BCUT2D eigenvalue weighted by Gasteiger charge is 2.35. The van der Waals surface area contributed by atoms with Crippen LogP contribution in [0.3, 0.4) is 0 Å². The predicted octanol–water partition coefficient (Wildman–Crippen LogP) is 1.10. The second-order valence-electron chi connectivity index (χ2n) is 5.78. The number of rotatable bonds is 4. The number of aliphatic hydroxyl groups is 1. The van der Waals surface area contributed by atoms with E-state index in [4.69, 9.17) is 9.52 Å². The Hall–Kier alpha value is -1.82. The van der Waals surface area contributed by atoms with Crippen molar-refractivity contribution >= 4 is 11.8 Å². The fourth-order valence-electron chi connectivity index (χ4n) is 2.55. The van der Waals surface area contributed by atoms with E-state index in [1.54, 1.807) is 17.9 Å². The number of furan rings is 1. The van der Waals surface area contributed by atoms with Crippen LogP contribution < -0.4 is 0 Å². The van der Waals surface area contributed by atoms with Crippen LogP contribution in [-0.4, -0.2) is 52.4 Å². The predicted molar refractivity (Wildman–Crippen MR) is 76.5 cm³/mol. The average Bonchev–Trinajstić information content (AvgIpc) is 2.92. The van der Waals surface area contributed by atoms with Gasteiger partial charge >= 0.3 is 0 Å². The molecule has 1 aliphatic rings. The number of amides is 2. The van der Waals surface area contributed by atoms with Crippen LogP contribution >= 0.6 is 0 Å². The molecule has 1 N–H and O–H groups in total. The minimum absolute atomic E-state index is 0.0303. The summed E-state index contributed by atoms with van der Waals surface area (Å²) in [7, 11) is 0. The van der Waals surface area contributed by atoms with Crippen LogP contribution in [0.25, 0.3) is 0 Å². The summed E-state index contributed by atoms with van der Waals surface area (Å²) in [4.78, 5) is 28.1. The van der Waals surface area contributed by atoms with Crippen LogP contribution in [0.15, 0.2) is 16.5 Å². The van der Waals surface area contributed by atoms with Gasteiger partial charge in [-0.15, -0.1) is 0 Å². The van der Waals surface area contributed by atoms with Gasteiger partial charge in [0.2, 0.25) is 5.91 Å². The Morgan fingerprint density at radius 1 is 1.43 bits per heavy atom. The summed E-state index contributed by atoms with van der Waals surface area (Å²) in [5, 5.41) is 8.98. The quantitative estimate of drug-likeness (QED) is 0.902. The fourth-order valence-corrected chi connectivity index (χ4v) is 2.55. The Labute approximate surface area is 124 Å². The normalized spacial score (nSPS) is 19.5. The molecule has 0 radical (unpaired) electrons. The van der Waals surface area contributed by atoms with Gasteiger partial charge in [-0.3, -0.25) is 9.59 Å². The number of hydrogen-bond acceptors (Lipinski definition) is 4. The van der Waals surface area contributed by atoms with Crippen molar-refractivity contribution in [2.75, 3.05) is 19.6 Å². The molecule has 0 aliphatic carbocycles. The summed E-state index contributed by atoms with van der Waals surface area (Å²) in [5.41, 5.74) is 0. The molecule has 1 aliphatic heterocycles. The summed E-state index contributed by atoms with van der Waals surface area (Å²) < 4.78 is 5.26. The molecule has 6 nitrogen and oxygen atoms in total. The van der Waals surface area contributed by atoms with Gasteiger partial charge in [-0.25, -0.2) is 0 Å². The van der Waals surface area contributed by atoms with Crippen LogP contribution in [-0.2, 0) is 11.4 Å². The highest BCUT2D eigenvalue weighted by Crippen LogP contribution is 2.18. The van der Waals surface area contributed by atoms with E-state index in [2.05, 4.69) is 13.8 Å². The van der Waals surface area contributed by atoms with Crippen molar-refractivity contribution in [2.24, 2.45) is 5.92 Å². The van der Waals surface area contributed by atoms with Gasteiger partial charge in [0.1, 0.15) is 18.4 Å². The van der Waals surface area contributed by atoms with E-state index < -0.39 is 6.04 Å². The van der Waals surface area contributed by atoms with E-state index >= 15 is 0 Å². The summed E-state index contributed by atoms with van der Waals surface area (Å²) in [6, 6.07) is 2.60. The molecule has 0 aromatic carbocycles. The number of nitrogens with zero attached hydrogens (tertiary/aromatic N) is 2. The maximum absolute atomic E-state index is 12.4. The summed E-state index contributed by atoms with van der Waals surface area (Å²) in [6.07, 6.45) is 0. The van der Waals surface area contributed by atoms with Crippen LogP contribution in [0.1, 0.15) is 37.1 Å². The second-order valence-corrected chi connectivity index (χ2v) is 5.78. The highest BCUT2D eigenvalue weighted by molar-refractivity contribution is 5.96. The van der Waals surface area contributed by atoms with Crippen LogP contribution in [0.2, 0.25) is 0 Å². The number of carbonyl (C=O) groups is 2. The summed E-state index contributed by atoms with van der Waals surface area (Å²) in [5.74, 6) is 0.573. The third kappa shape index (κ3) is 3.26. The van der Waals surface area contributed by atoms with Gasteiger partial charge in [0.25, 0.3) is 5.91 Å². The first kappa shape index (κ1) is 15.6. The molecule has 1 aromatic heterocycles. The Balaban J connectivity index is 2.08. The van der Waals surface area contributed by atoms with Crippen molar-refractivity contribution in [3.63, 3.8) is 0 Å². The zero-order valence-electron chi connectivity index (χ0n) is 12.7. The fraction of sp³-hybridized carbons (Fsp3) is 0.600. The minimum atomic E-state index is -0.493. The molecule has 6 heteroatoms. The van der Waals surface area contributed by atoms with Crippen LogP contribution in [0, 0.1) is 5.92 Å². The third-order valence-electron chi connectivity index (χ3n) is 3.62. The molecule has 1 unspecified atom stereocenters. The Morgan fingerprint density at radius 3 is 2.71 bits per heavy atom. The van der Waals surface area contributed by atoms with Gasteiger partial charge in [0.15, 0.2) is 5.76 Å². The van der Waals surface area contributed by atoms with Crippen LogP contribution in [0.4, 0.5) is 0 Å². The minimum Gasteiger partial charge on any atom is -0.453 e. The number of carbonyl (C=O) groups excluding carboxylic acids is 2. The number of aliphatic hydroxyl groups excluding tert-OH is 1. The van der Waals surface area contributed by atoms with E-state index in [-0.39, 0.29) is 24.2 Å². The standard InChI is InChI=1S/C15H22N2O4/c1-10(2)8-16-6-7-17(11(3)14(16)19)15(20)13-5-4-12(9-18)21-13/h4-5,10-11,18H,6-9H2,1-3H3. The van der Waals surface area contributed by atoms with E-state index in [9.17, 15) is 9.59 Å². The van der Waals surface area contributed by atoms with E-state index in [0.717, 1.165) is 0 Å².